The van der Waals surface area contributed by atoms with Crippen LogP contribution in [0.1, 0.15) is 31.4 Å². The fraction of sp³-hybridized carbons (Fsp3) is 0.286. The van der Waals surface area contributed by atoms with Gasteiger partial charge >= 0.3 is 0 Å². The highest BCUT2D eigenvalue weighted by atomic mass is 35.5. The zero-order chi connectivity index (χ0) is 27.0. The molecule has 0 unspecified atom stereocenters. The van der Waals surface area contributed by atoms with Gasteiger partial charge in [0.25, 0.3) is 10.0 Å². The molecule has 0 radical (unpaired) electrons. The van der Waals surface area contributed by atoms with Gasteiger partial charge in [0.2, 0.25) is 11.8 Å². The zero-order valence-corrected chi connectivity index (χ0v) is 22.8. The Labute approximate surface area is 224 Å². The second-order valence-corrected chi connectivity index (χ2v) is 11.1. The van der Waals surface area contributed by atoms with Crippen LogP contribution in [0.4, 0.5) is 5.69 Å². The molecule has 196 valence electrons. The Morgan fingerprint density at radius 2 is 1.57 bits per heavy atom. The van der Waals surface area contributed by atoms with Gasteiger partial charge in [-0.3, -0.25) is 13.9 Å². The molecule has 0 heterocycles. The number of hydrogen-bond acceptors (Lipinski definition) is 4. The van der Waals surface area contributed by atoms with E-state index in [0.29, 0.717) is 17.3 Å². The normalized spacial score (nSPS) is 12.0. The van der Waals surface area contributed by atoms with Crippen molar-refractivity contribution in [3.63, 3.8) is 0 Å². The largest absolute Gasteiger partial charge is 0.354 e. The van der Waals surface area contributed by atoms with E-state index in [0.717, 1.165) is 21.9 Å². The van der Waals surface area contributed by atoms with Crippen LogP contribution in [0.3, 0.4) is 0 Å². The number of aryl methyl sites for hydroxylation is 1. The van der Waals surface area contributed by atoms with E-state index in [2.05, 4.69) is 5.32 Å². The van der Waals surface area contributed by atoms with E-state index < -0.39 is 28.5 Å². The lowest BCUT2D eigenvalue weighted by Crippen LogP contribution is -2.51. The van der Waals surface area contributed by atoms with Crippen molar-refractivity contribution < 1.29 is 18.0 Å². The summed E-state index contributed by atoms with van der Waals surface area (Å²) in [6.07, 6.45) is 0.754. The molecule has 0 aromatic heterocycles. The second kappa shape index (κ2) is 12.7. The van der Waals surface area contributed by atoms with Crippen LogP contribution in [0, 0.1) is 6.92 Å². The molecule has 3 rings (SSSR count). The Morgan fingerprint density at radius 1 is 0.946 bits per heavy atom. The number of carbonyl (C=O) groups excluding carboxylic acids is 2. The quantitative estimate of drug-likeness (QED) is 0.378. The van der Waals surface area contributed by atoms with E-state index in [4.69, 9.17) is 11.6 Å². The topological polar surface area (TPSA) is 86.8 Å². The molecule has 0 aliphatic heterocycles. The number of anilines is 1. The van der Waals surface area contributed by atoms with Gasteiger partial charge in [-0.1, -0.05) is 66.6 Å². The number of amides is 2. The first kappa shape index (κ1) is 28.2. The average molecular weight is 542 g/mol. The van der Waals surface area contributed by atoms with Crippen LogP contribution in [-0.4, -0.2) is 44.3 Å². The van der Waals surface area contributed by atoms with Gasteiger partial charge < -0.3 is 10.2 Å². The first-order valence-corrected chi connectivity index (χ1v) is 13.9. The monoisotopic (exact) mass is 541 g/mol. The number of nitrogens with one attached hydrogen (secondary N) is 1. The summed E-state index contributed by atoms with van der Waals surface area (Å²) >= 11 is 6.04. The molecule has 1 N–H and O–H groups in total. The van der Waals surface area contributed by atoms with Crippen LogP contribution >= 0.6 is 11.6 Å². The maximum atomic E-state index is 13.8. The van der Waals surface area contributed by atoms with Crippen molar-refractivity contribution in [3.05, 3.63) is 95.0 Å². The zero-order valence-electron chi connectivity index (χ0n) is 21.2. The van der Waals surface area contributed by atoms with Crippen LogP contribution in [0.5, 0.6) is 0 Å². The molecule has 37 heavy (non-hydrogen) atoms. The summed E-state index contributed by atoms with van der Waals surface area (Å²) in [5.41, 5.74) is 2.03. The van der Waals surface area contributed by atoms with Gasteiger partial charge in [0.1, 0.15) is 12.6 Å². The Hall–Kier alpha value is -3.36. The maximum Gasteiger partial charge on any atom is 0.264 e. The number of benzene rings is 3. The lowest BCUT2D eigenvalue weighted by atomic mass is 10.1. The Balaban J connectivity index is 1.99. The summed E-state index contributed by atoms with van der Waals surface area (Å²) in [5.74, 6) is -0.806. The van der Waals surface area contributed by atoms with Crippen molar-refractivity contribution in [1.82, 2.24) is 10.2 Å². The summed E-state index contributed by atoms with van der Waals surface area (Å²) in [7, 11) is -4.10. The van der Waals surface area contributed by atoms with E-state index in [1.54, 1.807) is 43.3 Å². The van der Waals surface area contributed by atoms with Crippen LogP contribution in [0.15, 0.2) is 83.8 Å². The van der Waals surface area contributed by atoms with Crippen LogP contribution in [0.25, 0.3) is 0 Å². The number of halogens is 1. The molecule has 7 nitrogen and oxygen atoms in total. The van der Waals surface area contributed by atoms with Crippen molar-refractivity contribution >= 4 is 39.1 Å². The average Bonchev–Trinajstić information content (AvgIpc) is 2.89. The van der Waals surface area contributed by atoms with Crippen LogP contribution < -0.4 is 9.62 Å². The maximum absolute atomic E-state index is 13.8. The fourth-order valence-corrected chi connectivity index (χ4v) is 5.27. The number of rotatable bonds is 11. The van der Waals surface area contributed by atoms with E-state index in [1.165, 1.54) is 17.0 Å². The molecule has 0 spiro atoms. The molecule has 0 fully saturated rings. The first-order valence-electron chi connectivity index (χ1n) is 12.1. The SMILES string of the molecule is CCCNC(=O)[C@@H](C)N(Cc1ccccc1)C(=O)CN(c1ccc(Cl)cc1)S(=O)(=O)c1ccc(C)cc1. The van der Waals surface area contributed by atoms with Crippen molar-refractivity contribution in [2.75, 3.05) is 17.4 Å². The van der Waals surface area contributed by atoms with Crippen molar-refractivity contribution in [3.8, 4) is 0 Å². The Bertz CT molecular complexity index is 1300. The number of nitrogens with zero attached hydrogens (tertiary/aromatic N) is 2. The van der Waals surface area contributed by atoms with E-state index in [1.807, 2.05) is 44.2 Å². The third-order valence-corrected chi connectivity index (χ3v) is 7.95. The standard InChI is InChI=1S/C28H32ClN3O4S/c1-4-18-30-28(34)22(3)31(19-23-8-6-5-7-9-23)27(33)20-32(25-14-12-24(29)13-15-25)37(35,36)26-16-10-21(2)11-17-26/h5-17,22H,4,18-20H2,1-3H3,(H,30,34)/t22-/m1/s1. The molecule has 3 aromatic carbocycles. The Morgan fingerprint density at radius 3 is 2.16 bits per heavy atom. The van der Waals surface area contributed by atoms with Crippen molar-refractivity contribution in [2.24, 2.45) is 0 Å². The summed E-state index contributed by atoms with van der Waals surface area (Å²) in [5, 5.41) is 3.27. The molecule has 0 aliphatic carbocycles. The number of hydrogen-bond donors (Lipinski definition) is 1. The molecular formula is C28H32ClN3O4S. The Kier molecular flexibility index (Phi) is 9.72. The summed E-state index contributed by atoms with van der Waals surface area (Å²) in [4.78, 5) is 28.1. The fourth-order valence-electron chi connectivity index (χ4n) is 3.73. The summed E-state index contributed by atoms with van der Waals surface area (Å²) in [6, 6.07) is 21.2. The molecule has 0 saturated heterocycles. The van der Waals surface area contributed by atoms with E-state index in [9.17, 15) is 18.0 Å². The molecule has 9 heteroatoms. The van der Waals surface area contributed by atoms with Crippen LogP contribution in [-0.2, 0) is 26.2 Å². The highest BCUT2D eigenvalue weighted by Gasteiger charge is 2.32. The van der Waals surface area contributed by atoms with E-state index >= 15 is 0 Å². The third-order valence-electron chi connectivity index (χ3n) is 5.91. The molecular weight excluding hydrogens is 510 g/mol. The smallest absolute Gasteiger partial charge is 0.264 e. The van der Waals surface area contributed by atoms with Crippen LogP contribution in [0.2, 0.25) is 5.02 Å². The summed E-state index contributed by atoms with van der Waals surface area (Å²) in [6.45, 7) is 5.60. The van der Waals surface area contributed by atoms with Gasteiger partial charge in [0.15, 0.2) is 0 Å². The van der Waals surface area contributed by atoms with Crippen molar-refractivity contribution in [1.29, 1.82) is 0 Å². The number of sulfonamides is 1. The molecule has 2 amide bonds. The van der Waals surface area contributed by atoms with Gasteiger partial charge in [-0.2, -0.15) is 0 Å². The predicted molar refractivity (Wildman–Crippen MR) is 147 cm³/mol. The van der Waals surface area contributed by atoms with Gasteiger partial charge in [-0.25, -0.2) is 8.42 Å². The molecule has 0 bridgehead atoms. The second-order valence-electron chi connectivity index (χ2n) is 8.78. The van der Waals surface area contributed by atoms with Gasteiger partial charge in [-0.15, -0.1) is 0 Å². The summed E-state index contributed by atoms with van der Waals surface area (Å²) < 4.78 is 28.5. The minimum absolute atomic E-state index is 0.0594. The number of carbonyl (C=O) groups is 2. The van der Waals surface area contributed by atoms with E-state index in [-0.39, 0.29) is 17.3 Å². The predicted octanol–water partition coefficient (Wildman–Crippen LogP) is 4.79. The molecule has 3 aromatic rings. The minimum Gasteiger partial charge on any atom is -0.354 e. The van der Waals surface area contributed by atoms with Crippen molar-refractivity contribution in [2.45, 2.75) is 44.7 Å². The molecule has 0 saturated carbocycles. The minimum atomic E-state index is -4.10. The molecule has 0 aliphatic rings. The van der Waals surface area contributed by atoms with Gasteiger partial charge in [0.05, 0.1) is 10.6 Å². The first-order chi connectivity index (χ1) is 17.6. The van der Waals surface area contributed by atoms with Gasteiger partial charge in [0, 0.05) is 18.1 Å². The lowest BCUT2D eigenvalue weighted by molar-refractivity contribution is -0.139. The third kappa shape index (κ3) is 7.33. The lowest BCUT2D eigenvalue weighted by Gasteiger charge is -2.32. The highest BCUT2D eigenvalue weighted by Crippen LogP contribution is 2.26. The molecule has 1 atom stereocenters. The highest BCUT2D eigenvalue weighted by molar-refractivity contribution is 7.92. The van der Waals surface area contributed by atoms with Gasteiger partial charge in [-0.05, 0) is 62.2 Å².